The maximum atomic E-state index is 7.35. The highest BCUT2D eigenvalue weighted by Crippen LogP contribution is 2.13. The second-order valence-electron chi connectivity index (χ2n) is 3.57. The highest BCUT2D eigenvalue weighted by atomic mass is 16.5. The second kappa shape index (κ2) is 4.32. The van der Waals surface area contributed by atoms with E-state index < -0.39 is 0 Å². The Kier molecular flexibility index (Phi) is 2.87. The Morgan fingerprint density at radius 3 is 3.06 bits per heavy atom. The number of nitrogens with two attached hydrogens (primary N) is 1. The van der Waals surface area contributed by atoms with Gasteiger partial charge in [0.1, 0.15) is 11.7 Å². The van der Waals surface area contributed by atoms with Crippen LogP contribution in [0.2, 0.25) is 0 Å². The summed E-state index contributed by atoms with van der Waals surface area (Å²) in [5, 5.41) is 7.35. The number of H-pyrrole nitrogens is 1. The molecule has 0 aliphatic heterocycles. The normalized spacial score (nSPS) is 10.8. The number of hydrogen-bond donors (Lipinski definition) is 3. The van der Waals surface area contributed by atoms with E-state index in [1.54, 1.807) is 13.2 Å². The van der Waals surface area contributed by atoms with Crippen LogP contribution in [0, 0.1) is 5.41 Å². The number of hydrogen-bond acceptors (Lipinski definition) is 3. The van der Waals surface area contributed by atoms with Crippen LogP contribution in [0.4, 0.5) is 0 Å². The van der Waals surface area contributed by atoms with Crippen molar-refractivity contribution in [2.24, 2.45) is 5.73 Å². The van der Waals surface area contributed by atoms with E-state index >= 15 is 0 Å². The number of nitrogens with zero attached hydrogens (tertiary/aromatic N) is 1. The van der Waals surface area contributed by atoms with E-state index in [9.17, 15) is 0 Å². The lowest BCUT2D eigenvalue weighted by molar-refractivity contribution is 0.201. The third kappa shape index (κ3) is 2.04. The van der Waals surface area contributed by atoms with Gasteiger partial charge in [0.15, 0.2) is 0 Å². The topological polar surface area (TPSA) is 87.8 Å². The lowest BCUT2D eigenvalue weighted by atomic mass is 10.2. The molecule has 0 amide bonds. The molecule has 1 aromatic carbocycles. The van der Waals surface area contributed by atoms with Gasteiger partial charge in [-0.05, 0) is 18.2 Å². The number of aromatic nitrogens is 2. The predicted molar refractivity (Wildman–Crippen MR) is 62.7 cm³/mol. The van der Waals surface area contributed by atoms with Crippen molar-refractivity contribution in [3.8, 4) is 0 Å². The molecule has 5 heteroatoms. The van der Waals surface area contributed by atoms with Crippen molar-refractivity contribution in [1.82, 2.24) is 9.97 Å². The van der Waals surface area contributed by atoms with Crippen LogP contribution in [0.25, 0.3) is 11.0 Å². The zero-order chi connectivity index (χ0) is 11.5. The number of aromatic amines is 1. The molecule has 16 heavy (non-hydrogen) atoms. The van der Waals surface area contributed by atoms with Gasteiger partial charge in [-0.2, -0.15) is 0 Å². The molecule has 0 radical (unpaired) electrons. The van der Waals surface area contributed by atoms with Crippen molar-refractivity contribution >= 4 is 16.9 Å². The first kappa shape index (κ1) is 10.6. The van der Waals surface area contributed by atoms with Crippen LogP contribution < -0.4 is 5.73 Å². The molecule has 0 fully saturated rings. The van der Waals surface area contributed by atoms with Gasteiger partial charge in [-0.1, -0.05) is 0 Å². The fourth-order valence-electron chi connectivity index (χ4n) is 1.55. The molecule has 1 aromatic heterocycles. The third-order valence-corrected chi connectivity index (χ3v) is 2.38. The highest BCUT2D eigenvalue weighted by molar-refractivity contribution is 5.97. The molecule has 0 unspecified atom stereocenters. The standard InChI is InChI=1S/C11H14N4O/c1-16-5-4-10-14-8-3-2-7(11(12)13)6-9(8)15-10/h2-3,6H,4-5H2,1H3,(H3,12,13)(H,14,15). The summed E-state index contributed by atoms with van der Waals surface area (Å²) in [6.07, 6.45) is 0.751. The Hall–Kier alpha value is -1.88. The number of nitrogen functional groups attached to an aromatic ring is 1. The van der Waals surface area contributed by atoms with Gasteiger partial charge in [0, 0.05) is 19.1 Å². The summed E-state index contributed by atoms with van der Waals surface area (Å²) in [5.41, 5.74) is 7.91. The van der Waals surface area contributed by atoms with Crippen LogP contribution in [-0.2, 0) is 11.2 Å². The molecular formula is C11H14N4O. The van der Waals surface area contributed by atoms with Gasteiger partial charge in [0.05, 0.1) is 17.6 Å². The number of ether oxygens (including phenoxy) is 1. The summed E-state index contributed by atoms with van der Waals surface area (Å²) in [6.45, 7) is 0.638. The molecule has 5 nitrogen and oxygen atoms in total. The number of nitrogens with one attached hydrogen (secondary N) is 2. The van der Waals surface area contributed by atoms with Crippen molar-refractivity contribution in [2.45, 2.75) is 6.42 Å². The molecule has 2 aromatic rings. The largest absolute Gasteiger partial charge is 0.384 e. The molecule has 0 aliphatic carbocycles. The number of amidine groups is 1. The van der Waals surface area contributed by atoms with Crippen LogP contribution in [0.3, 0.4) is 0 Å². The van der Waals surface area contributed by atoms with E-state index in [0.717, 1.165) is 23.3 Å². The summed E-state index contributed by atoms with van der Waals surface area (Å²) < 4.78 is 4.99. The number of methoxy groups -OCH3 is 1. The minimum Gasteiger partial charge on any atom is -0.384 e. The lowest BCUT2D eigenvalue weighted by Gasteiger charge is -1.96. The van der Waals surface area contributed by atoms with Crippen molar-refractivity contribution in [1.29, 1.82) is 5.41 Å². The second-order valence-corrected chi connectivity index (χ2v) is 3.57. The zero-order valence-corrected chi connectivity index (χ0v) is 9.08. The van der Waals surface area contributed by atoms with Gasteiger partial charge in [0.25, 0.3) is 0 Å². The Morgan fingerprint density at radius 2 is 2.38 bits per heavy atom. The summed E-state index contributed by atoms with van der Waals surface area (Å²) in [7, 11) is 1.66. The number of imidazole rings is 1. The summed E-state index contributed by atoms with van der Waals surface area (Å²) >= 11 is 0. The van der Waals surface area contributed by atoms with Crippen molar-refractivity contribution in [3.63, 3.8) is 0 Å². The molecule has 2 rings (SSSR count). The Bertz CT molecular complexity index is 518. The van der Waals surface area contributed by atoms with Crippen molar-refractivity contribution in [2.75, 3.05) is 13.7 Å². The molecule has 0 aliphatic rings. The molecular weight excluding hydrogens is 204 g/mol. The van der Waals surface area contributed by atoms with Crippen LogP contribution in [0.5, 0.6) is 0 Å². The Balaban J connectivity index is 2.34. The molecule has 84 valence electrons. The molecule has 0 atom stereocenters. The fourth-order valence-corrected chi connectivity index (χ4v) is 1.55. The van der Waals surface area contributed by atoms with E-state index in [4.69, 9.17) is 15.9 Å². The van der Waals surface area contributed by atoms with Gasteiger partial charge in [-0.15, -0.1) is 0 Å². The average molecular weight is 218 g/mol. The van der Waals surface area contributed by atoms with Gasteiger partial charge >= 0.3 is 0 Å². The summed E-state index contributed by atoms with van der Waals surface area (Å²) in [4.78, 5) is 7.59. The van der Waals surface area contributed by atoms with Crippen LogP contribution >= 0.6 is 0 Å². The summed E-state index contributed by atoms with van der Waals surface area (Å²) in [6, 6.07) is 5.49. The first-order valence-corrected chi connectivity index (χ1v) is 5.02. The molecule has 0 spiro atoms. The predicted octanol–water partition coefficient (Wildman–Crippen LogP) is 1.04. The number of rotatable bonds is 4. The van der Waals surface area contributed by atoms with E-state index in [1.807, 2.05) is 12.1 Å². The van der Waals surface area contributed by atoms with E-state index in [1.165, 1.54) is 0 Å². The average Bonchev–Trinajstić information content (AvgIpc) is 2.67. The quantitative estimate of drug-likeness (QED) is 0.529. The van der Waals surface area contributed by atoms with E-state index in [2.05, 4.69) is 9.97 Å². The zero-order valence-electron chi connectivity index (χ0n) is 9.08. The van der Waals surface area contributed by atoms with Gasteiger partial charge < -0.3 is 15.5 Å². The lowest BCUT2D eigenvalue weighted by Crippen LogP contribution is -2.10. The Morgan fingerprint density at radius 1 is 1.56 bits per heavy atom. The summed E-state index contributed by atoms with van der Waals surface area (Å²) in [5.74, 6) is 0.951. The van der Waals surface area contributed by atoms with Gasteiger partial charge in [0.2, 0.25) is 0 Å². The first-order valence-electron chi connectivity index (χ1n) is 5.02. The molecule has 0 bridgehead atoms. The van der Waals surface area contributed by atoms with Crippen molar-refractivity contribution < 1.29 is 4.74 Å². The SMILES string of the molecule is COCCc1nc2ccc(C(=N)N)cc2[nH]1. The Labute approximate surface area is 93.1 Å². The molecule has 0 saturated heterocycles. The van der Waals surface area contributed by atoms with Gasteiger partial charge in [-0.3, -0.25) is 5.41 Å². The smallest absolute Gasteiger partial charge is 0.122 e. The van der Waals surface area contributed by atoms with Crippen LogP contribution in [0.15, 0.2) is 18.2 Å². The maximum absolute atomic E-state index is 7.35. The number of fused-ring (bicyclic) bond motifs is 1. The molecule has 1 heterocycles. The highest BCUT2D eigenvalue weighted by Gasteiger charge is 2.04. The van der Waals surface area contributed by atoms with Crippen LogP contribution in [-0.4, -0.2) is 29.5 Å². The monoisotopic (exact) mass is 218 g/mol. The molecule has 0 saturated carbocycles. The van der Waals surface area contributed by atoms with E-state index in [0.29, 0.717) is 12.2 Å². The van der Waals surface area contributed by atoms with Crippen molar-refractivity contribution in [3.05, 3.63) is 29.6 Å². The van der Waals surface area contributed by atoms with E-state index in [-0.39, 0.29) is 5.84 Å². The minimum atomic E-state index is 0.0648. The fraction of sp³-hybridized carbons (Fsp3) is 0.273. The van der Waals surface area contributed by atoms with Crippen LogP contribution in [0.1, 0.15) is 11.4 Å². The third-order valence-electron chi connectivity index (χ3n) is 2.38. The first-order chi connectivity index (χ1) is 7.70. The molecule has 4 N–H and O–H groups in total. The minimum absolute atomic E-state index is 0.0648. The maximum Gasteiger partial charge on any atom is 0.122 e. The number of benzene rings is 1. The van der Waals surface area contributed by atoms with Gasteiger partial charge in [-0.25, -0.2) is 4.98 Å².